The summed E-state index contributed by atoms with van der Waals surface area (Å²) in [6, 6.07) is 18.4. The summed E-state index contributed by atoms with van der Waals surface area (Å²) in [5.74, 6) is 0.826. The number of furan rings is 1. The summed E-state index contributed by atoms with van der Waals surface area (Å²) in [5.41, 5.74) is 8.16. The van der Waals surface area contributed by atoms with Crippen LogP contribution in [0.2, 0.25) is 0 Å². The molecule has 2 aromatic heterocycles. The second-order valence-electron chi connectivity index (χ2n) is 5.59. The number of nitrogen functional groups attached to an aromatic ring is 1. The first kappa shape index (κ1) is 14.8. The summed E-state index contributed by atoms with van der Waals surface area (Å²) in [6.07, 6.45) is 1.54. The molecule has 0 atom stereocenters. The minimum absolute atomic E-state index is 0.124. The van der Waals surface area contributed by atoms with Gasteiger partial charge < -0.3 is 15.3 Å². The smallest absolute Gasteiger partial charge is 0.142 e. The highest BCUT2D eigenvalue weighted by Gasteiger charge is 2.17. The number of phenols is 1. The second kappa shape index (κ2) is 5.69. The lowest BCUT2D eigenvalue weighted by Gasteiger charge is -2.11. The highest BCUT2D eigenvalue weighted by Crippen LogP contribution is 2.37. The van der Waals surface area contributed by atoms with E-state index in [1.807, 2.05) is 24.3 Å². The number of nitrogens with two attached hydrogens (primary N) is 1. The van der Waals surface area contributed by atoms with E-state index in [1.54, 1.807) is 30.3 Å². The Hall–Kier alpha value is -3.78. The average Bonchev–Trinajstić information content (AvgIpc) is 3.15. The number of phenolic OH excluding ortho intramolecular Hbond substituents is 1. The van der Waals surface area contributed by atoms with Crippen LogP contribution in [-0.4, -0.2) is 10.1 Å². The zero-order chi connectivity index (χ0) is 17.4. The Morgan fingerprint density at radius 3 is 2.56 bits per heavy atom. The van der Waals surface area contributed by atoms with E-state index in [2.05, 4.69) is 11.1 Å². The maximum absolute atomic E-state index is 10.3. The van der Waals surface area contributed by atoms with Crippen molar-refractivity contribution in [3.8, 4) is 34.4 Å². The van der Waals surface area contributed by atoms with Gasteiger partial charge in [0.05, 0.1) is 12.0 Å². The number of anilines is 1. The molecule has 4 aromatic rings. The summed E-state index contributed by atoms with van der Waals surface area (Å²) in [6.45, 7) is 0. The van der Waals surface area contributed by atoms with Gasteiger partial charge in [0.15, 0.2) is 0 Å². The molecule has 3 N–H and O–H groups in total. The highest BCUT2D eigenvalue weighted by atomic mass is 16.3. The Bertz CT molecular complexity index is 1120. The molecule has 2 aromatic carbocycles. The summed E-state index contributed by atoms with van der Waals surface area (Å²) in [4.78, 5) is 4.38. The molecule has 0 saturated carbocycles. The van der Waals surface area contributed by atoms with E-state index in [0.29, 0.717) is 22.4 Å². The molecule has 0 saturated heterocycles. The van der Waals surface area contributed by atoms with E-state index >= 15 is 0 Å². The fourth-order valence-electron chi connectivity index (χ4n) is 2.98. The number of rotatable bonds is 2. The van der Waals surface area contributed by atoms with E-state index < -0.39 is 0 Å². The maximum Gasteiger partial charge on any atom is 0.142 e. The summed E-state index contributed by atoms with van der Waals surface area (Å²) >= 11 is 0. The van der Waals surface area contributed by atoms with Crippen molar-refractivity contribution in [1.29, 1.82) is 5.26 Å². The predicted octanol–water partition coefficient (Wildman–Crippen LogP) is 4.32. The zero-order valence-electron chi connectivity index (χ0n) is 13.1. The van der Waals surface area contributed by atoms with Crippen molar-refractivity contribution >= 4 is 16.6 Å². The first-order valence-electron chi connectivity index (χ1n) is 7.64. The van der Waals surface area contributed by atoms with Crippen LogP contribution >= 0.6 is 0 Å². The molecule has 0 aliphatic rings. The summed E-state index contributed by atoms with van der Waals surface area (Å²) in [7, 11) is 0. The number of aromatic hydroxyl groups is 1. The normalized spacial score (nSPS) is 10.7. The minimum atomic E-state index is 0.124. The predicted molar refractivity (Wildman–Crippen MR) is 95.7 cm³/mol. The monoisotopic (exact) mass is 327 g/mol. The van der Waals surface area contributed by atoms with Crippen LogP contribution < -0.4 is 5.73 Å². The van der Waals surface area contributed by atoms with Crippen molar-refractivity contribution in [1.82, 2.24) is 4.98 Å². The molecule has 4 rings (SSSR count). The molecule has 0 unspecified atom stereocenters. The summed E-state index contributed by atoms with van der Waals surface area (Å²) in [5, 5.41) is 21.3. The molecule has 5 heteroatoms. The van der Waals surface area contributed by atoms with Crippen LogP contribution in [-0.2, 0) is 0 Å². The largest absolute Gasteiger partial charge is 0.507 e. The fourth-order valence-corrected chi connectivity index (χ4v) is 2.98. The van der Waals surface area contributed by atoms with Crippen LogP contribution in [0.5, 0.6) is 5.75 Å². The molecule has 0 aliphatic carbocycles. The lowest BCUT2D eigenvalue weighted by atomic mass is 9.98. The van der Waals surface area contributed by atoms with Crippen molar-refractivity contribution in [2.45, 2.75) is 0 Å². The van der Waals surface area contributed by atoms with Crippen LogP contribution in [0.4, 0.5) is 5.82 Å². The number of aromatic nitrogens is 1. The maximum atomic E-state index is 10.3. The molecule has 0 spiro atoms. The highest BCUT2D eigenvalue weighted by molar-refractivity contribution is 6.00. The van der Waals surface area contributed by atoms with Crippen molar-refractivity contribution < 1.29 is 9.52 Å². The molecular weight excluding hydrogens is 314 g/mol. The summed E-state index contributed by atoms with van der Waals surface area (Å²) < 4.78 is 5.44. The van der Waals surface area contributed by atoms with Gasteiger partial charge >= 0.3 is 0 Å². The van der Waals surface area contributed by atoms with Gasteiger partial charge in [-0.2, -0.15) is 5.26 Å². The van der Waals surface area contributed by atoms with Gasteiger partial charge in [0, 0.05) is 16.5 Å². The number of benzene rings is 2. The van der Waals surface area contributed by atoms with E-state index in [1.165, 1.54) is 6.26 Å². The van der Waals surface area contributed by atoms with E-state index in [0.717, 1.165) is 10.9 Å². The standard InChI is InChI=1S/C20H13N3O2/c21-11-15-14(18-8-3-9-25-18)10-16(23-20(15)22)13-6-1-4-12-5-2-7-17(24)19(12)13/h1-10,24H,(H2,22,23). The molecule has 0 bridgehead atoms. The second-order valence-corrected chi connectivity index (χ2v) is 5.59. The molecule has 0 aliphatic heterocycles. The van der Waals surface area contributed by atoms with Gasteiger partial charge in [0.2, 0.25) is 0 Å². The Kier molecular flexibility index (Phi) is 3.37. The van der Waals surface area contributed by atoms with Gasteiger partial charge in [-0.15, -0.1) is 0 Å². The first-order valence-corrected chi connectivity index (χ1v) is 7.64. The number of nitrogens with zero attached hydrogens (tertiary/aromatic N) is 2. The third-order valence-electron chi connectivity index (χ3n) is 4.10. The van der Waals surface area contributed by atoms with Gasteiger partial charge in [0.25, 0.3) is 0 Å². The molecule has 0 amide bonds. The van der Waals surface area contributed by atoms with Crippen LogP contribution in [0.3, 0.4) is 0 Å². The van der Waals surface area contributed by atoms with Crippen LogP contribution in [0, 0.1) is 11.3 Å². The van der Waals surface area contributed by atoms with E-state index in [-0.39, 0.29) is 17.1 Å². The lowest BCUT2D eigenvalue weighted by Crippen LogP contribution is -1.99. The molecule has 25 heavy (non-hydrogen) atoms. The number of pyridine rings is 1. The molecule has 0 radical (unpaired) electrons. The van der Waals surface area contributed by atoms with E-state index in [4.69, 9.17) is 10.2 Å². The van der Waals surface area contributed by atoms with Gasteiger partial charge in [-0.3, -0.25) is 0 Å². The molecule has 0 fully saturated rings. The number of hydrogen-bond acceptors (Lipinski definition) is 5. The molecular formula is C20H13N3O2. The van der Waals surface area contributed by atoms with Crippen LogP contribution in [0.15, 0.2) is 65.3 Å². The van der Waals surface area contributed by atoms with Crippen LogP contribution in [0.1, 0.15) is 5.56 Å². The Balaban J connectivity index is 2.04. The van der Waals surface area contributed by atoms with Crippen molar-refractivity contribution in [2.75, 3.05) is 5.73 Å². The van der Waals surface area contributed by atoms with Gasteiger partial charge in [0.1, 0.15) is 29.0 Å². The van der Waals surface area contributed by atoms with Gasteiger partial charge in [-0.1, -0.05) is 30.3 Å². The van der Waals surface area contributed by atoms with Crippen molar-refractivity contribution in [3.63, 3.8) is 0 Å². The fraction of sp³-hybridized carbons (Fsp3) is 0. The molecule has 5 nitrogen and oxygen atoms in total. The lowest BCUT2D eigenvalue weighted by molar-refractivity contribution is 0.482. The topological polar surface area (TPSA) is 96.1 Å². The zero-order valence-corrected chi connectivity index (χ0v) is 13.1. The molecule has 120 valence electrons. The van der Waals surface area contributed by atoms with E-state index in [9.17, 15) is 10.4 Å². The Morgan fingerprint density at radius 2 is 1.84 bits per heavy atom. The van der Waals surface area contributed by atoms with Gasteiger partial charge in [-0.05, 0) is 29.7 Å². The third-order valence-corrected chi connectivity index (χ3v) is 4.10. The van der Waals surface area contributed by atoms with Gasteiger partial charge in [-0.25, -0.2) is 4.98 Å². The van der Waals surface area contributed by atoms with Crippen molar-refractivity contribution in [3.05, 3.63) is 66.4 Å². The van der Waals surface area contributed by atoms with Crippen molar-refractivity contribution in [2.24, 2.45) is 0 Å². The average molecular weight is 327 g/mol. The number of fused-ring (bicyclic) bond motifs is 1. The first-order chi connectivity index (χ1) is 12.2. The number of nitriles is 1. The third kappa shape index (κ3) is 2.37. The quantitative estimate of drug-likeness (QED) is 0.571. The van der Waals surface area contributed by atoms with Crippen LogP contribution in [0.25, 0.3) is 33.4 Å². The SMILES string of the molecule is N#Cc1c(-c2ccco2)cc(-c2cccc3cccc(O)c23)nc1N. The Morgan fingerprint density at radius 1 is 1.04 bits per heavy atom. The number of hydrogen-bond donors (Lipinski definition) is 2. The minimum Gasteiger partial charge on any atom is -0.507 e. The Labute approximate surface area is 143 Å². The molecule has 2 heterocycles.